The summed E-state index contributed by atoms with van der Waals surface area (Å²) in [5.41, 5.74) is -6.74. The van der Waals surface area contributed by atoms with E-state index in [9.17, 15) is 28.7 Å². The van der Waals surface area contributed by atoms with Gasteiger partial charge in [-0.3, -0.25) is 19.2 Å². The Balaban J connectivity index is 1.88. The van der Waals surface area contributed by atoms with Crippen LogP contribution in [0.15, 0.2) is 23.8 Å². The molecule has 0 aromatic carbocycles. The van der Waals surface area contributed by atoms with Crippen molar-refractivity contribution in [3.8, 4) is 0 Å². The highest BCUT2D eigenvalue weighted by Crippen LogP contribution is 2.71. The summed E-state index contributed by atoms with van der Waals surface area (Å²) in [6, 6.07) is -1.01. The molecule has 9 heteroatoms. The van der Waals surface area contributed by atoms with Crippen LogP contribution in [0.5, 0.6) is 0 Å². The number of alkyl halides is 2. The number of carbonyl (C=O) groups is 4. The summed E-state index contributed by atoms with van der Waals surface area (Å²) in [5, 5.41) is 10.7. The Hall–Kier alpha value is -1.87. The first-order valence-electron chi connectivity index (χ1n) is 11.6. The van der Waals surface area contributed by atoms with E-state index in [0.29, 0.717) is 11.8 Å². The topological polar surface area (TPSA) is 97.7 Å². The predicted molar refractivity (Wildman–Crippen MR) is 121 cm³/mol. The smallest absolute Gasteiger partial charge is 0.306 e. The van der Waals surface area contributed by atoms with E-state index in [1.807, 2.05) is 0 Å². The average Bonchev–Trinajstić information content (AvgIpc) is 2.99. The standard InChI is InChI=1S/C25H30F2O6S/c1-5-20(31)33-25(21(32)34-12-26)13(2)8-15-16-10-18(29)17-9-14(28)6-7-22(17,3)24(16,27)19(30)11-23(15,25)4/h6-7,9,13,15-16,19,30H,5,8,10-12H2,1-4H3. The number of halogens is 2. The monoisotopic (exact) mass is 496 g/mol. The minimum Gasteiger partial charge on any atom is -0.449 e. The summed E-state index contributed by atoms with van der Waals surface area (Å²) in [4.78, 5) is 51.0. The summed E-state index contributed by atoms with van der Waals surface area (Å²) in [7, 11) is 0. The Bertz CT molecular complexity index is 1020. The highest BCUT2D eigenvalue weighted by Gasteiger charge is 2.78. The predicted octanol–water partition coefficient (Wildman–Crippen LogP) is 3.66. The third kappa shape index (κ3) is 2.95. The van der Waals surface area contributed by atoms with Crippen molar-refractivity contribution < 1.29 is 37.8 Å². The van der Waals surface area contributed by atoms with Crippen molar-refractivity contribution >= 4 is 34.4 Å². The molecule has 3 fully saturated rings. The molecule has 186 valence electrons. The lowest BCUT2D eigenvalue weighted by Crippen LogP contribution is -2.70. The van der Waals surface area contributed by atoms with Gasteiger partial charge >= 0.3 is 5.97 Å². The van der Waals surface area contributed by atoms with Crippen LogP contribution in [-0.4, -0.2) is 51.1 Å². The molecular formula is C25H30F2O6S. The largest absolute Gasteiger partial charge is 0.449 e. The molecule has 0 heterocycles. The molecule has 4 aliphatic carbocycles. The van der Waals surface area contributed by atoms with Crippen LogP contribution in [0.3, 0.4) is 0 Å². The van der Waals surface area contributed by atoms with Crippen molar-refractivity contribution in [2.45, 2.75) is 70.8 Å². The van der Waals surface area contributed by atoms with Crippen LogP contribution in [-0.2, 0) is 23.9 Å². The number of fused-ring (bicyclic) bond motifs is 5. The van der Waals surface area contributed by atoms with Gasteiger partial charge in [-0.15, -0.1) is 0 Å². The van der Waals surface area contributed by atoms with Gasteiger partial charge in [-0.1, -0.05) is 26.8 Å². The molecule has 0 amide bonds. The van der Waals surface area contributed by atoms with Crippen molar-refractivity contribution in [2.75, 3.05) is 6.01 Å². The van der Waals surface area contributed by atoms with Crippen molar-refractivity contribution in [3.05, 3.63) is 23.8 Å². The minimum atomic E-state index is -2.28. The molecule has 4 aliphatic rings. The third-order valence-corrected chi connectivity index (χ3v) is 9.75. The molecule has 0 aliphatic heterocycles. The maximum absolute atomic E-state index is 17.2. The zero-order chi connectivity index (χ0) is 25.3. The number of carbonyl (C=O) groups excluding carboxylic acids is 4. The number of thioether (sulfide) groups is 1. The molecule has 8 unspecified atom stereocenters. The number of rotatable bonds is 4. The first-order chi connectivity index (χ1) is 15.8. The van der Waals surface area contributed by atoms with Crippen LogP contribution in [0.25, 0.3) is 0 Å². The summed E-state index contributed by atoms with van der Waals surface area (Å²) in [6.45, 7) is 6.49. The molecular weight excluding hydrogens is 466 g/mol. The van der Waals surface area contributed by atoms with Crippen LogP contribution in [0.1, 0.15) is 53.4 Å². The molecule has 0 radical (unpaired) electrons. The van der Waals surface area contributed by atoms with Crippen molar-refractivity contribution in [1.29, 1.82) is 0 Å². The van der Waals surface area contributed by atoms with E-state index < -0.39 is 68.8 Å². The lowest BCUT2D eigenvalue weighted by atomic mass is 9.44. The maximum atomic E-state index is 17.2. The fourth-order valence-corrected chi connectivity index (χ4v) is 8.25. The molecule has 0 spiro atoms. The highest BCUT2D eigenvalue weighted by atomic mass is 32.2. The number of ketones is 2. The van der Waals surface area contributed by atoms with Crippen molar-refractivity contribution in [3.63, 3.8) is 0 Å². The zero-order valence-electron chi connectivity index (χ0n) is 19.7. The van der Waals surface area contributed by atoms with Gasteiger partial charge in [0.15, 0.2) is 22.8 Å². The number of ether oxygens (including phenoxy) is 1. The van der Waals surface area contributed by atoms with Crippen LogP contribution >= 0.6 is 11.8 Å². The number of aliphatic hydroxyl groups is 1. The van der Waals surface area contributed by atoms with Crippen molar-refractivity contribution in [2.24, 2.45) is 28.6 Å². The van der Waals surface area contributed by atoms with Gasteiger partial charge < -0.3 is 9.84 Å². The summed E-state index contributed by atoms with van der Waals surface area (Å²) < 4.78 is 36.3. The quantitative estimate of drug-likeness (QED) is 0.593. The van der Waals surface area contributed by atoms with Gasteiger partial charge in [0.25, 0.3) is 0 Å². The van der Waals surface area contributed by atoms with Crippen LogP contribution < -0.4 is 0 Å². The van der Waals surface area contributed by atoms with Crippen LogP contribution in [0, 0.1) is 28.6 Å². The molecule has 0 aromatic rings. The van der Waals surface area contributed by atoms with E-state index in [0.717, 1.165) is 6.08 Å². The Kier molecular flexibility index (Phi) is 6.00. The molecule has 0 saturated heterocycles. The Morgan fingerprint density at radius 1 is 1.26 bits per heavy atom. The van der Waals surface area contributed by atoms with E-state index in [-0.39, 0.29) is 37.0 Å². The molecule has 6 nitrogen and oxygen atoms in total. The summed E-state index contributed by atoms with van der Waals surface area (Å²) in [6.07, 6.45) is 1.90. The number of aliphatic hydroxyl groups excluding tert-OH is 1. The first kappa shape index (κ1) is 25.2. The molecule has 0 bridgehead atoms. The number of hydrogen-bond donors (Lipinski definition) is 1. The molecule has 1 N–H and O–H groups in total. The van der Waals surface area contributed by atoms with E-state index in [2.05, 4.69) is 0 Å². The number of esters is 1. The van der Waals surface area contributed by atoms with E-state index in [4.69, 9.17) is 4.74 Å². The second-order valence-electron chi connectivity index (χ2n) is 10.5. The lowest BCUT2D eigenvalue weighted by molar-refractivity contribution is -0.223. The van der Waals surface area contributed by atoms with E-state index in [1.54, 1.807) is 20.8 Å². The van der Waals surface area contributed by atoms with Gasteiger partial charge in [0.05, 0.1) is 11.5 Å². The zero-order valence-corrected chi connectivity index (χ0v) is 20.5. The normalized spacial score (nSPS) is 45.2. The fraction of sp³-hybridized carbons (Fsp3) is 0.680. The first-order valence-corrected chi connectivity index (χ1v) is 12.6. The Morgan fingerprint density at radius 2 is 1.94 bits per heavy atom. The van der Waals surface area contributed by atoms with Gasteiger partial charge in [-0.05, 0) is 49.6 Å². The number of hydrogen-bond acceptors (Lipinski definition) is 7. The minimum absolute atomic E-state index is 0.00858. The highest BCUT2D eigenvalue weighted by molar-refractivity contribution is 8.13. The second kappa shape index (κ2) is 8.08. The van der Waals surface area contributed by atoms with Gasteiger partial charge in [-0.25, -0.2) is 8.78 Å². The second-order valence-corrected chi connectivity index (χ2v) is 11.4. The summed E-state index contributed by atoms with van der Waals surface area (Å²) in [5.74, 6) is -3.59. The van der Waals surface area contributed by atoms with E-state index >= 15 is 4.39 Å². The molecule has 8 atom stereocenters. The average molecular weight is 497 g/mol. The van der Waals surface area contributed by atoms with Crippen molar-refractivity contribution in [1.82, 2.24) is 0 Å². The van der Waals surface area contributed by atoms with E-state index in [1.165, 1.54) is 19.1 Å². The number of allylic oxidation sites excluding steroid dienone is 4. The molecule has 4 rings (SSSR count). The molecule has 3 saturated carbocycles. The van der Waals surface area contributed by atoms with Crippen LogP contribution in [0.2, 0.25) is 0 Å². The molecule has 34 heavy (non-hydrogen) atoms. The van der Waals surface area contributed by atoms with Gasteiger partial charge in [0, 0.05) is 35.7 Å². The third-order valence-electron chi connectivity index (χ3n) is 9.08. The lowest BCUT2D eigenvalue weighted by Gasteiger charge is -2.62. The summed E-state index contributed by atoms with van der Waals surface area (Å²) >= 11 is 0.403. The van der Waals surface area contributed by atoms with Gasteiger partial charge in [0.2, 0.25) is 5.12 Å². The fourth-order valence-electron chi connectivity index (χ4n) is 7.46. The Labute approximate surface area is 201 Å². The number of Topliss-reactive ketones (excluding diaryl/α,β-unsaturated/α-hetero) is 1. The van der Waals surface area contributed by atoms with Gasteiger partial charge in [-0.2, -0.15) is 0 Å². The maximum Gasteiger partial charge on any atom is 0.306 e. The Morgan fingerprint density at radius 3 is 2.56 bits per heavy atom. The SMILES string of the molecule is CCC(=O)OC1(C(=O)SCF)C(C)CC2C3CC(=O)C4=CC(=O)C=CC4(C)C3(F)C(O)CC21C. The van der Waals surface area contributed by atoms with Gasteiger partial charge in [0.1, 0.15) is 6.01 Å². The molecule has 0 aromatic heterocycles. The van der Waals surface area contributed by atoms with Crippen LogP contribution in [0.4, 0.5) is 8.78 Å².